The number of imide groups is 2. The highest BCUT2D eigenvalue weighted by atomic mass is 19.1. The van der Waals surface area contributed by atoms with Crippen LogP contribution in [0.15, 0.2) is 30.3 Å². The van der Waals surface area contributed by atoms with Gasteiger partial charge in [-0.25, -0.2) is 4.39 Å². The number of carbonyl (C=O) groups excluding carboxylic acids is 4. The number of rotatable bonds is 6. The molecule has 3 saturated heterocycles. The van der Waals surface area contributed by atoms with Crippen LogP contribution in [0.3, 0.4) is 0 Å². The molecular formula is C29H30F2N6O6. The summed E-state index contributed by atoms with van der Waals surface area (Å²) in [4.78, 5) is 67.1. The molecule has 0 aliphatic carbocycles. The number of carbonyl (C=O) groups is 4. The number of piperidine rings is 2. The van der Waals surface area contributed by atoms with E-state index in [1.54, 1.807) is 17.0 Å². The van der Waals surface area contributed by atoms with Crippen molar-refractivity contribution < 1.29 is 32.9 Å². The number of nitrogens with one attached hydrogen (secondary N) is 1. The van der Waals surface area contributed by atoms with Crippen LogP contribution in [0.2, 0.25) is 0 Å². The molecule has 2 aromatic carbocycles. The SMILES string of the molecule is O=C1CCC(N2C(=O)c3ccc(N4CCN(CC5CCN(c6cc(F)c([N+](=O)[O-])cc6F)CC5)CC4)cc3C2=O)C(=O)N1. The van der Waals surface area contributed by atoms with Crippen molar-refractivity contribution >= 4 is 40.7 Å². The predicted molar refractivity (Wildman–Crippen MR) is 150 cm³/mol. The molecule has 0 bridgehead atoms. The van der Waals surface area contributed by atoms with E-state index < -0.39 is 51.9 Å². The fourth-order valence-corrected chi connectivity index (χ4v) is 6.47. The Balaban J connectivity index is 1.02. The van der Waals surface area contributed by atoms with Gasteiger partial charge in [0.1, 0.15) is 6.04 Å². The van der Waals surface area contributed by atoms with Gasteiger partial charge >= 0.3 is 5.69 Å². The lowest BCUT2D eigenvalue weighted by molar-refractivity contribution is -0.387. The zero-order chi connectivity index (χ0) is 30.4. The Bertz CT molecular complexity index is 1520. The van der Waals surface area contributed by atoms with E-state index in [-0.39, 0.29) is 29.7 Å². The highest BCUT2D eigenvalue weighted by molar-refractivity contribution is 6.23. The van der Waals surface area contributed by atoms with Crippen molar-refractivity contribution in [1.29, 1.82) is 0 Å². The van der Waals surface area contributed by atoms with Gasteiger partial charge in [-0.15, -0.1) is 0 Å². The minimum absolute atomic E-state index is 0.0462. The molecule has 0 saturated carbocycles. The number of hydrogen-bond donors (Lipinski definition) is 1. The largest absolute Gasteiger partial charge is 0.369 e. The van der Waals surface area contributed by atoms with Gasteiger partial charge in [-0.1, -0.05) is 0 Å². The summed E-state index contributed by atoms with van der Waals surface area (Å²) in [5.41, 5.74) is 0.496. The van der Waals surface area contributed by atoms with Crippen molar-refractivity contribution in [3.05, 3.63) is 63.2 Å². The van der Waals surface area contributed by atoms with Crippen molar-refractivity contribution in [3.8, 4) is 0 Å². The Morgan fingerprint density at radius 2 is 1.53 bits per heavy atom. The van der Waals surface area contributed by atoms with E-state index in [1.165, 1.54) is 0 Å². The quantitative estimate of drug-likeness (QED) is 0.303. The Morgan fingerprint density at radius 1 is 0.837 bits per heavy atom. The number of nitro groups is 1. The highest BCUT2D eigenvalue weighted by Gasteiger charge is 2.44. The molecule has 0 spiro atoms. The molecule has 1 N–H and O–H groups in total. The Kier molecular flexibility index (Phi) is 7.54. The van der Waals surface area contributed by atoms with Crippen molar-refractivity contribution in [2.45, 2.75) is 31.7 Å². The molecule has 2 aromatic rings. The van der Waals surface area contributed by atoms with Crippen LogP contribution in [0.5, 0.6) is 0 Å². The number of nitrogens with zero attached hydrogens (tertiary/aromatic N) is 5. The van der Waals surface area contributed by atoms with E-state index in [2.05, 4.69) is 15.1 Å². The van der Waals surface area contributed by atoms with Gasteiger partial charge in [0.15, 0.2) is 5.82 Å². The third-order valence-electron chi connectivity index (χ3n) is 8.85. The molecule has 0 radical (unpaired) electrons. The second-order valence-electron chi connectivity index (χ2n) is 11.4. The van der Waals surface area contributed by atoms with Crippen molar-refractivity contribution in [2.24, 2.45) is 5.92 Å². The van der Waals surface area contributed by atoms with Crippen LogP contribution < -0.4 is 15.1 Å². The van der Waals surface area contributed by atoms with Crippen molar-refractivity contribution in [1.82, 2.24) is 15.1 Å². The Morgan fingerprint density at radius 3 is 2.21 bits per heavy atom. The molecule has 1 atom stereocenters. The second kappa shape index (κ2) is 11.3. The molecule has 43 heavy (non-hydrogen) atoms. The van der Waals surface area contributed by atoms with E-state index >= 15 is 0 Å². The second-order valence-corrected chi connectivity index (χ2v) is 11.4. The summed E-state index contributed by atoms with van der Waals surface area (Å²) in [5.74, 6) is -3.60. The smallest absolute Gasteiger partial charge is 0.307 e. The van der Waals surface area contributed by atoms with Gasteiger partial charge in [0.25, 0.3) is 11.8 Å². The maximum absolute atomic E-state index is 14.5. The van der Waals surface area contributed by atoms with E-state index in [0.29, 0.717) is 38.2 Å². The topological polar surface area (TPSA) is 136 Å². The Hall–Kier alpha value is -4.46. The molecule has 4 amide bonds. The van der Waals surface area contributed by atoms with Gasteiger partial charge in [-0.2, -0.15) is 4.39 Å². The summed E-state index contributed by atoms with van der Waals surface area (Å²) in [6.07, 6.45) is 1.74. The number of piperazine rings is 1. The van der Waals surface area contributed by atoms with E-state index in [4.69, 9.17) is 0 Å². The average Bonchev–Trinajstić information content (AvgIpc) is 3.23. The molecule has 1 unspecified atom stereocenters. The lowest BCUT2D eigenvalue weighted by Gasteiger charge is -2.40. The average molecular weight is 597 g/mol. The van der Waals surface area contributed by atoms with Gasteiger partial charge in [-0.05, 0) is 43.4 Å². The molecule has 3 fully saturated rings. The van der Waals surface area contributed by atoms with Crippen LogP contribution in [0, 0.1) is 27.7 Å². The molecule has 4 heterocycles. The molecule has 0 aromatic heterocycles. The lowest BCUT2D eigenvalue weighted by Crippen LogP contribution is -2.54. The molecule has 6 rings (SSSR count). The normalized spacial score (nSPS) is 21.8. The third-order valence-corrected chi connectivity index (χ3v) is 8.85. The number of amides is 4. The van der Waals surface area contributed by atoms with E-state index in [9.17, 15) is 38.1 Å². The molecule has 14 heteroatoms. The minimum Gasteiger partial charge on any atom is -0.369 e. The number of halogens is 2. The number of nitro benzene ring substituents is 1. The summed E-state index contributed by atoms with van der Waals surface area (Å²) in [7, 11) is 0. The fraction of sp³-hybridized carbons (Fsp3) is 0.448. The third kappa shape index (κ3) is 5.42. The number of anilines is 2. The predicted octanol–water partition coefficient (Wildman–Crippen LogP) is 2.31. The summed E-state index contributed by atoms with van der Waals surface area (Å²) < 4.78 is 28.6. The zero-order valence-corrected chi connectivity index (χ0v) is 23.3. The van der Waals surface area contributed by atoms with Gasteiger partial charge in [0, 0.05) is 64.0 Å². The molecule has 226 valence electrons. The van der Waals surface area contributed by atoms with Crippen LogP contribution in [-0.2, 0) is 9.59 Å². The van der Waals surface area contributed by atoms with E-state index in [0.717, 1.165) is 49.1 Å². The first-order chi connectivity index (χ1) is 20.6. The molecule has 4 aliphatic heterocycles. The Labute approximate surface area is 245 Å². The monoisotopic (exact) mass is 596 g/mol. The molecular weight excluding hydrogens is 566 g/mol. The van der Waals surface area contributed by atoms with Crippen molar-refractivity contribution in [3.63, 3.8) is 0 Å². The first-order valence-corrected chi connectivity index (χ1v) is 14.3. The molecule has 12 nitrogen and oxygen atoms in total. The van der Waals surface area contributed by atoms with Gasteiger partial charge in [0.2, 0.25) is 17.6 Å². The first-order valence-electron chi connectivity index (χ1n) is 14.3. The maximum atomic E-state index is 14.5. The number of benzene rings is 2. The first kappa shape index (κ1) is 28.6. The van der Waals surface area contributed by atoms with Crippen LogP contribution >= 0.6 is 0 Å². The fourth-order valence-electron chi connectivity index (χ4n) is 6.47. The van der Waals surface area contributed by atoms with Gasteiger partial charge in [0.05, 0.1) is 27.8 Å². The van der Waals surface area contributed by atoms with E-state index in [1.807, 2.05) is 6.07 Å². The van der Waals surface area contributed by atoms with Crippen LogP contribution in [-0.4, -0.2) is 90.2 Å². The summed E-state index contributed by atoms with van der Waals surface area (Å²) >= 11 is 0. The highest BCUT2D eigenvalue weighted by Crippen LogP contribution is 2.33. The van der Waals surface area contributed by atoms with Crippen LogP contribution in [0.4, 0.5) is 25.8 Å². The standard InChI is InChI=1S/C29H30F2N6O6/c30-21-15-25(37(42)43)22(31)14-24(21)35-7-5-17(6-8-35)16-33-9-11-34(12-10-33)18-1-2-19-20(13-18)29(41)36(28(19)40)23-3-4-26(38)32-27(23)39/h1-2,13-15,17,23H,3-12,16H2,(H,32,38,39). The molecule has 4 aliphatic rings. The van der Waals surface area contributed by atoms with Crippen LogP contribution in [0.1, 0.15) is 46.4 Å². The van der Waals surface area contributed by atoms with Gasteiger partial charge < -0.3 is 9.80 Å². The number of fused-ring (bicyclic) bond motifs is 1. The van der Waals surface area contributed by atoms with Crippen molar-refractivity contribution in [2.75, 3.05) is 55.6 Å². The zero-order valence-electron chi connectivity index (χ0n) is 23.3. The van der Waals surface area contributed by atoms with Crippen LogP contribution in [0.25, 0.3) is 0 Å². The van der Waals surface area contributed by atoms with Gasteiger partial charge in [-0.3, -0.25) is 44.4 Å². The summed E-state index contributed by atoms with van der Waals surface area (Å²) in [5, 5.41) is 13.1. The maximum Gasteiger partial charge on any atom is 0.307 e. The number of hydrogen-bond acceptors (Lipinski definition) is 9. The lowest BCUT2D eigenvalue weighted by atomic mass is 9.95. The minimum atomic E-state index is -1.05. The summed E-state index contributed by atoms with van der Waals surface area (Å²) in [6, 6.07) is 5.67. The summed E-state index contributed by atoms with van der Waals surface area (Å²) in [6.45, 7) is 4.90.